The molecule has 0 bridgehead atoms. The first kappa shape index (κ1) is 15.0. The van der Waals surface area contributed by atoms with Gasteiger partial charge in [-0.05, 0) is 24.3 Å². The second-order valence-electron chi connectivity index (χ2n) is 4.93. The van der Waals surface area contributed by atoms with E-state index in [1.165, 1.54) is 14.2 Å². The van der Waals surface area contributed by atoms with Crippen LogP contribution in [0.15, 0.2) is 52.9 Å². The fraction of sp³-hybridized carbons (Fsp3) is 0.167. The number of fused-ring (bicyclic) bond motifs is 1. The van der Waals surface area contributed by atoms with Gasteiger partial charge >= 0.3 is 5.97 Å². The molecule has 118 valence electrons. The van der Waals surface area contributed by atoms with E-state index in [0.717, 1.165) is 11.0 Å². The van der Waals surface area contributed by atoms with Gasteiger partial charge in [-0.25, -0.2) is 4.79 Å². The number of methoxy groups -OCH3 is 2. The molecule has 1 aromatic heterocycles. The molecule has 0 spiro atoms. The minimum atomic E-state index is -0.470. The molecule has 0 aliphatic carbocycles. The summed E-state index contributed by atoms with van der Waals surface area (Å²) in [6, 6.07) is 14.4. The van der Waals surface area contributed by atoms with E-state index in [2.05, 4.69) is 0 Å². The van der Waals surface area contributed by atoms with Crippen LogP contribution in [0.1, 0.15) is 16.1 Å². The summed E-state index contributed by atoms with van der Waals surface area (Å²) < 4.78 is 21.2. The van der Waals surface area contributed by atoms with E-state index in [4.69, 9.17) is 18.6 Å². The van der Waals surface area contributed by atoms with Crippen molar-refractivity contribution in [2.75, 3.05) is 14.2 Å². The lowest BCUT2D eigenvalue weighted by Gasteiger charge is -2.08. The van der Waals surface area contributed by atoms with Crippen LogP contribution in [0, 0.1) is 0 Å². The Balaban J connectivity index is 1.73. The molecule has 0 amide bonds. The van der Waals surface area contributed by atoms with Gasteiger partial charge in [-0.15, -0.1) is 0 Å². The Morgan fingerprint density at radius 2 is 1.70 bits per heavy atom. The second-order valence-corrected chi connectivity index (χ2v) is 4.93. The number of esters is 1. The van der Waals surface area contributed by atoms with Gasteiger partial charge < -0.3 is 18.6 Å². The third-order valence-electron chi connectivity index (χ3n) is 3.41. The van der Waals surface area contributed by atoms with Gasteiger partial charge in [0.25, 0.3) is 0 Å². The maximum absolute atomic E-state index is 12.2. The van der Waals surface area contributed by atoms with Crippen molar-refractivity contribution < 1.29 is 23.4 Å². The molecule has 0 unspecified atom stereocenters. The van der Waals surface area contributed by atoms with E-state index in [1.807, 2.05) is 30.3 Å². The highest BCUT2D eigenvalue weighted by atomic mass is 16.5. The number of hydrogen-bond acceptors (Lipinski definition) is 5. The van der Waals surface area contributed by atoms with Crippen LogP contribution in [0.25, 0.3) is 11.0 Å². The van der Waals surface area contributed by atoms with Crippen LogP contribution < -0.4 is 9.47 Å². The predicted octanol–water partition coefficient (Wildman–Crippen LogP) is 3.81. The second kappa shape index (κ2) is 6.44. The highest BCUT2D eigenvalue weighted by molar-refractivity contribution is 5.90. The zero-order valence-electron chi connectivity index (χ0n) is 12.9. The van der Waals surface area contributed by atoms with Gasteiger partial charge in [-0.3, -0.25) is 0 Å². The molecule has 23 heavy (non-hydrogen) atoms. The molecule has 0 fully saturated rings. The molecule has 0 aliphatic rings. The Morgan fingerprint density at radius 1 is 1.00 bits per heavy atom. The maximum atomic E-state index is 12.2. The standard InChI is InChI=1S/C18H16O5/c1-20-14-8-13(9-15(10-14)21-2)18(19)22-11-16-7-12-5-3-4-6-17(12)23-16/h3-10H,11H2,1-2H3. The van der Waals surface area contributed by atoms with Crippen LogP contribution in [0.3, 0.4) is 0 Å². The molecule has 0 saturated heterocycles. The number of carbonyl (C=O) groups is 1. The number of rotatable bonds is 5. The Kier molecular flexibility index (Phi) is 4.19. The van der Waals surface area contributed by atoms with E-state index >= 15 is 0 Å². The first-order chi connectivity index (χ1) is 11.2. The van der Waals surface area contributed by atoms with Crippen LogP contribution in [-0.2, 0) is 11.3 Å². The van der Waals surface area contributed by atoms with Crippen LogP contribution in [-0.4, -0.2) is 20.2 Å². The number of hydrogen-bond donors (Lipinski definition) is 0. The molecule has 1 heterocycles. The van der Waals surface area contributed by atoms with Crippen molar-refractivity contribution in [3.63, 3.8) is 0 Å². The monoisotopic (exact) mass is 312 g/mol. The number of furan rings is 1. The number of benzene rings is 2. The summed E-state index contributed by atoms with van der Waals surface area (Å²) in [6.45, 7) is 0.0625. The van der Waals surface area contributed by atoms with Gasteiger partial charge in [-0.2, -0.15) is 0 Å². The molecule has 3 rings (SSSR count). The minimum Gasteiger partial charge on any atom is -0.497 e. The Hall–Kier alpha value is -2.95. The highest BCUT2D eigenvalue weighted by Crippen LogP contribution is 2.24. The minimum absolute atomic E-state index is 0.0625. The molecule has 2 aromatic carbocycles. The summed E-state index contributed by atoms with van der Waals surface area (Å²) in [5.41, 5.74) is 1.12. The molecular formula is C18H16O5. The summed E-state index contributed by atoms with van der Waals surface area (Å²) in [5.74, 6) is 1.18. The van der Waals surface area contributed by atoms with E-state index in [-0.39, 0.29) is 6.61 Å². The van der Waals surface area contributed by atoms with Crippen LogP contribution in [0.4, 0.5) is 0 Å². The topological polar surface area (TPSA) is 57.9 Å². The Bertz CT molecular complexity index is 779. The first-order valence-corrected chi connectivity index (χ1v) is 7.07. The number of para-hydroxylation sites is 1. The van der Waals surface area contributed by atoms with Crippen molar-refractivity contribution in [3.8, 4) is 11.5 Å². The molecular weight excluding hydrogens is 296 g/mol. The quantitative estimate of drug-likeness (QED) is 0.671. The van der Waals surface area contributed by atoms with E-state index < -0.39 is 5.97 Å². The molecule has 0 saturated carbocycles. The van der Waals surface area contributed by atoms with E-state index in [9.17, 15) is 4.79 Å². The van der Waals surface area contributed by atoms with Gasteiger partial charge in [-0.1, -0.05) is 18.2 Å². The average Bonchev–Trinajstić information content (AvgIpc) is 3.02. The lowest BCUT2D eigenvalue weighted by Crippen LogP contribution is -2.05. The summed E-state index contributed by atoms with van der Waals surface area (Å²) in [5, 5.41) is 0.974. The maximum Gasteiger partial charge on any atom is 0.338 e. The Morgan fingerprint density at radius 3 is 2.35 bits per heavy atom. The largest absolute Gasteiger partial charge is 0.497 e. The number of carbonyl (C=O) groups excluding carboxylic acids is 1. The van der Waals surface area contributed by atoms with E-state index in [1.54, 1.807) is 18.2 Å². The fourth-order valence-corrected chi connectivity index (χ4v) is 2.25. The van der Waals surface area contributed by atoms with Crippen molar-refractivity contribution >= 4 is 16.9 Å². The number of ether oxygens (including phenoxy) is 3. The summed E-state index contributed by atoms with van der Waals surface area (Å²) in [4.78, 5) is 12.2. The Labute approximate surface area is 133 Å². The molecule has 5 nitrogen and oxygen atoms in total. The van der Waals surface area contributed by atoms with Crippen LogP contribution >= 0.6 is 0 Å². The molecule has 5 heteroatoms. The fourth-order valence-electron chi connectivity index (χ4n) is 2.25. The first-order valence-electron chi connectivity index (χ1n) is 7.07. The highest BCUT2D eigenvalue weighted by Gasteiger charge is 2.13. The average molecular weight is 312 g/mol. The van der Waals surface area contributed by atoms with Crippen molar-refractivity contribution in [2.24, 2.45) is 0 Å². The van der Waals surface area contributed by atoms with Gasteiger partial charge in [0.2, 0.25) is 0 Å². The lowest BCUT2D eigenvalue weighted by molar-refractivity contribution is 0.0447. The lowest BCUT2D eigenvalue weighted by atomic mass is 10.2. The summed E-state index contributed by atoms with van der Waals surface area (Å²) >= 11 is 0. The summed E-state index contributed by atoms with van der Waals surface area (Å²) in [7, 11) is 3.05. The zero-order valence-corrected chi connectivity index (χ0v) is 12.9. The van der Waals surface area contributed by atoms with Crippen LogP contribution in [0.2, 0.25) is 0 Å². The smallest absolute Gasteiger partial charge is 0.338 e. The van der Waals surface area contributed by atoms with Gasteiger partial charge in [0.05, 0.1) is 19.8 Å². The van der Waals surface area contributed by atoms with Crippen molar-refractivity contribution in [2.45, 2.75) is 6.61 Å². The zero-order chi connectivity index (χ0) is 16.2. The SMILES string of the molecule is COc1cc(OC)cc(C(=O)OCc2cc3ccccc3o2)c1. The van der Waals surface area contributed by atoms with Gasteiger partial charge in [0, 0.05) is 11.5 Å². The third-order valence-corrected chi connectivity index (χ3v) is 3.41. The molecule has 0 atom stereocenters. The van der Waals surface area contributed by atoms with E-state index in [0.29, 0.717) is 22.8 Å². The normalized spacial score (nSPS) is 10.5. The molecule has 3 aromatic rings. The molecule has 0 aliphatic heterocycles. The molecule has 0 N–H and O–H groups in total. The van der Waals surface area contributed by atoms with Crippen molar-refractivity contribution in [1.82, 2.24) is 0 Å². The molecule has 0 radical (unpaired) electrons. The summed E-state index contributed by atoms with van der Waals surface area (Å²) in [6.07, 6.45) is 0. The predicted molar refractivity (Wildman–Crippen MR) is 84.9 cm³/mol. The van der Waals surface area contributed by atoms with Crippen molar-refractivity contribution in [1.29, 1.82) is 0 Å². The van der Waals surface area contributed by atoms with Gasteiger partial charge in [0.1, 0.15) is 29.4 Å². The van der Waals surface area contributed by atoms with Crippen molar-refractivity contribution in [3.05, 3.63) is 59.9 Å². The van der Waals surface area contributed by atoms with Gasteiger partial charge in [0.15, 0.2) is 0 Å². The third kappa shape index (κ3) is 3.29. The van der Waals surface area contributed by atoms with Crippen LogP contribution in [0.5, 0.6) is 11.5 Å².